The molecule has 0 unspecified atom stereocenters. The highest BCUT2D eigenvalue weighted by Crippen LogP contribution is 2.29. The molecule has 0 radical (unpaired) electrons. The third kappa shape index (κ3) is 3.63. The predicted molar refractivity (Wildman–Crippen MR) is 72.8 cm³/mol. The summed E-state index contributed by atoms with van der Waals surface area (Å²) < 4.78 is 37.3. The molecule has 0 saturated carbocycles. The first-order valence-electron chi connectivity index (χ1n) is 5.88. The van der Waals surface area contributed by atoms with Crippen LogP contribution >= 0.6 is 11.6 Å². The van der Waals surface area contributed by atoms with E-state index < -0.39 is 11.7 Å². The van der Waals surface area contributed by atoms with Crippen LogP contribution in [0.2, 0.25) is 5.02 Å². The van der Waals surface area contributed by atoms with Gasteiger partial charge in [0.05, 0.1) is 10.6 Å². The van der Waals surface area contributed by atoms with Gasteiger partial charge in [0, 0.05) is 12.7 Å². The van der Waals surface area contributed by atoms with Gasteiger partial charge in [-0.2, -0.15) is 13.2 Å². The fourth-order valence-electron chi connectivity index (χ4n) is 1.72. The lowest BCUT2D eigenvalue weighted by Gasteiger charge is -2.10. The van der Waals surface area contributed by atoms with Crippen molar-refractivity contribution in [3.05, 3.63) is 58.2 Å². The summed E-state index contributed by atoms with van der Waals surface area (Å²) in [7, 11) is 0. The molecule has 2 rings (SSSR count). The van der Waals surface area contributed by atoms with Crippen LogP contribution in [0.15, 0.2) is 36.5 Å². The van der Waals surface area contributed by atoms with Gasteiger partial charge in [-0.15, -0.1) is 0 Å². The van der Waals surface area contributed by atoms with Crippen LogP contribution in [0.5, 0.6) is 0 Å². The molecule has 2 aromatic rings. The summed E-state index contributed by atoms with van der Waals surface area (Å²) >= 11 is 5.80. The molecule has 0 atom stereocenters. The average molecular weight is 301 g/mol. The first-order valence-corrected chi connectivity index (χ1v) is 6.26. The second-order valence-corrected chi connectivity index (χ2v) is 4.80. The molecular formula is C14H12ClF3N2. The SMILES string of the molecule is Cc1cc(Cl)cnc1NCc1ccc(C(F)(F)F)cc1. The fraction of sp³-hybridized carbons (Fsp3) is 0.214. The second kappa shape index (κ2) is 5.71. The molecule has 0 bridgehead atoms. The van der Waals surface area contributed by atoms with Crippen LogP contribution < -0.4 is 5.32 Å². The number of pyridine rings is 1. The minimum Gasteiger partial charge on any atom is -0.366 e. The number of anilines is 1. The van der Waals surface area contributed by atoms with E-state index in [-0.39, 0.29) is 0 Å². The highest BCUT2D eigenvalue weighted by Gasteiger charge is 2.29. The third-order valence-electron chi connectivity index (χ3n) is 2.79. The Labute approximate surface area is 119 Å². The molecule has 1 heterocycles. The maximum absolute atomic E-state index is 12.4. The van der Waals surface area contributed by atoms with Crippen molar-refractivity contribution in [2.45, 2.75) is 19.6 Å². The molecule has 1 N–H and O–H groups in total. The van der Waals surface area contributed by atoms with Gasteiger partial charge >= 0.3 is 6.18 Å². The Hall–Kier alpha value is -1.75. The highest BCUT2D eigenvalue weighted by atomic mass is 35.5. The van der Waals surface area contributed by atoms with Crippen LogP contribution in [0.4, 0.5) is 19.0 Å². The van der Waals surface area contributed by atoms with E-state index in [9.17, 15) is 13.2 Å². The second-order valence-electron chi connectivity index (χ2n) is 4.37. The quantitative estimate of drug-likeness (QED) is 0.890. The lowest BCUT2D eigenvalue weighted by atomic mass is 10.1. The van der Waals surface area contributed by atoms with Crippen molar-refractivity contribution < 1.29 is 13.2 Å². The molecule has 0 aliphatic heterocycles. The number of alkyl halides is 3. The molecule has 0 amide bonds. The maximum atomic E-state index is 12.4. The van der Waals surface area contributed by atoms with Crippen LogP contribution in [0, 0.1) is 6.92 Å². The summed E-state index contributed by atoms with van der Waals surface area (Å²) in [4.78, 5) is 4.13. The van der Waals surface area contributed by atoms with E-state index in [1.807, 2.05) is 6.92 Å². The Morgan fingerprint density at radius 3 is 2.40 bits per heavy atom. The summed E-state index contributed by atoms with van der Waals surface area (Å²) in [6.07, 6.45) is -2.79. The first kappa shape index (κ1) is 14.7. The van der Waals surface area contributed by atoms with E-state index in [1.165, 1.54) is 18.3 Å². The number of hydrogen-bond acceptors (Lipinski definition) is 2. The monoisotopic (exact) mass is 300 g/mol. The Kier molecular flexibility index (Phi) is 4.18. The number of benzene rings is 1. The van der Waals surface area contributed by atoms with Crippen LogP contribution in [0.3, 0.4) is 0 Å². The van der Waals surface area contributed by atoms with Crippen LogP contribution in [-0.2, 0) is 12.7 Å². The van der Waals surface area contributed by atoms with Crippen molar-refractivity contribution in [1.29, 1.82) is 0 Å². The topological polar surface area (TPSA) is 24.9 Å². The number of nitrogens with zero attached hydrogens (tertiary/aromatic N) is 1. The predicted octanol–water partition coefficient (Wildman–Crippen LogP) is 4.67. The molecule has 20 heavy (non-hydrogen) atoms. The van der Waals surface area contributed by atoms with Gasteiger partial charge in [0.15, 0.2) is 0 Å². The molecule has 1 aromatic heterocycles. The van der Waals surface area contributed by atoms with Gasteiger partial charge in [0.1, 0.15) is 5.82 Å². The van der Waals surface area contributed by atoms with Crippen LogP contribution in [0.25, 0.3) is 0 Å². The minimum atomic E-state index is -4.31. The van der Waals surface area contributed by atoms with Gasteiger partial charge in [-0.3, -0.25) is 0 Å². The fourth-order valence-corrected chi connectivity index (χ4v) is 1.94. The van der Waals surface area contributed by atoms with E-state index in [2.05, 4.69) is 10.3 Å². The Morgan fingerprint density at radius 2 is 1.85 bits per heavy atom. The third-order valence-corrected chi connectivity index (χ3v) is 2.99. The van der Waals surface area contributed by atoms with Gasteiger partial charge in [-0.1, -0.05) is 23.7 Å². The van der Waals surface area contributed by atoms with Gasteiger partial charge in [-0.25, -0.2) is 4.98 Å². The normalized spacial score (nSPS) is 11.4. The zero-order valence-corrected chi connectivity index (χ0v) is 11.4. The lowest BCUT2D eigenvalue weighted by Crippen LogP contribution is -2.06. The zero-order valence-electron chi connectivity index (χ0n) is 10.6. The van der Waals surface area contributed by atoms with Crippen molar-refractivity contribution >= 4 is 17.4 Å². The summed E-state index contributed by atoms with van der Waals surface area (Å²) in [5.41, 5.74) is 0.973. The van der Waals surface area contributed by atoms with E-state index in [4.69, 9.17) is 11.6 Å². The number of rotatable bonds is 3. The van der Waals surface area contributed by atoms with Crippen molar-refractivity contribution in [3.8, 4) is 0 Å². The van der Waals surface area contributed by atoms with E-state index in [0.29, 0.717) is 17.4 Å². The average Bonchev–Trinajstić information content (AvgIpc) is 2.37. The first-order chi connectivity index (χ1) is 9.36. The number of aromatic nitrogens is 1. The number of nitrogens with one attached hydrogen (secondary N) is 1. The number of aryl methyl sites for hydroxylation is 1. The number of hydrogen-bond donors (Lipinski definition) is 1. The van der Waals surface area contributed by atoms with Gasteiger partial charge < -0.3 is 5.32 Å². The Balaban J connectivity index is 2.04. The van der Waals surface area contributed by atoms with Crippen LogP contribution in [0.1, 0.15) is 16.7 Å². The van der Waals surface area contributed by atoms with Crippen molar-refractivity contribution in [3.63, 3.8) is 0 Å². The molecular weight excluding hydrogens is 289 g/mol. The van der Waals surface area contributed by atoms with Crippen molar-refractivity contribution in [1.82, 2.24) is 4.98 Å². The molecule has 0 saturated heterocycles. The lowest BCUT2D eigenvalue weighted by molar-refractivity contribution is -0.137. The van der Waals surface area contributed by atoms with E-state index in [0.717, 1.165) is 23.3 Å². The Bertz CT molecular complexity index is 594. The van der Waals surface area contributed by atoms with Crippen molar-refractivity contribution in [2.24, 2.45) is 0 Å². The molecule has 2 nitrogen and oxygen atoms in total. The van der Waals surface area contributed by atoms with Gasteiger partial charge in [-0.05, 0) is 36.2 Å². The minimum absolute atomic E-state index is 0.396. The smallest absolute Gasteiger partial charge is 0.366 e. The molecule has 0 aliphatic carbocycles. The zero-order chi connectivity index (χ0) is 14.8. The van der Waals surface area contributed by atoms with E-state index in [1.54, 1.807) is 6.07 Å². The molecule has 1 aromatic carbocycles. The largest absolute Gasteiger partial charge is 0.416 e. The highest BCUT2D eigenvalue weighted by molar-refractivity contribution is 6.30. The van der Waals surface area contributed by atoms with Gasteiger partial charge in [0.25, 0.3) is 0 Å². The molecule has 106 valence electrons. The molecule has 0 spiro atoms. The van der Waals surface area contributed by atoms with Crippen LogP contribution in [-0.4, -0.2) is 4.98 Å². The molecule has 6 heteroatoms. The van der Waals surface area contributed by atoms with Crippen molar-refractivity contribution in [2.75, 3.05) is 5.32 Å². The summed E-state index contributed by atoms with van der Waals surface area (Å²) in [6, 6.07) is 6.80. The number of halogens is 4. The van der Waals surface area contributed by atoms with Gasteiger partial charge in [0.2, 0.25) is 0 Å². The summed E-state index contributed by atoms with van der Waals surface area (Å²) in [5, 5.41) is 3.61. The maximum Gasteiger partial charge on any atom is 0.416 e. The molecule has 0 aliphatic rings. The molecule has 0 fully saturated rings. The standard InChI is InChI=1S/C14H12ClF3N2/c1-9-6-12(15)8-20-13(9)19-7-10-2-4-11(5-3-10)14(16,17)18/h2-6,8H,7H2,1H3,(H,19,20). The van der Waals surface area contributed by atoms with E-state index >= 15 is 0 Å². The summed E-state index contributed by atoms with van der Waals surface area (Å²) in [5.74, 6) is 0.661. The Morgan fingerprint density at radius 1 is 1.20 bits per heavy atom. The summed E-state index contributed by atoms with van der Waals surface area (Å²) in [6.45, 7) is 2.25.